The molecule has 0 atom stereocenters. The summed E-state index contributed by atoms with van der Waals surface area (Å²) >= 11 is 0. The molecule has 0 heterocycles. The van der Waals surface area contributed by atoms with Crippen molar-refractivity contribution in [3.05, 3.63) is 35.4 Å². The van der Waals surface area contributed by atoms with E-state index >= 15 is 0 Å². The van der Waals surface area contributed by atoms with Crippen molar-refractivity contribution in [2.45, 2.75) is 6.92 Å². The van der Waals surface area contributed by atoms with Crippen LogP contribution in [0.3, 0.4) is 0 Å². The van der Waals surface area contributed by atoms with Crippen molar-refractivity contribution in [1.29, 1.82) is 0 Å². The van der Waals surface area contributed by atoms with Gasteiger partial charge in [0.05, 0.1) is 5.56 Å². The van der Waals surface area contributed by atoms with E-state index in [4.69, 9.17) is 0 Å². The molecule has 0 saturated carbocycles. The predicted molar refractivity (Wildman–Crippen MR) is 44.4 cm³/mol. The minimum Gasteiger partial charge on any atom is -0.352 e. The molecule has 0 aliphatic carbocycles. The number of carbonyl (C=O) groups excluding carboxylic acids is 1. The summed E-state index contributed by atoms with van der Waals surface area (Å²) in [6, 6.07) is 2.78. The van der Waals surface area contributed by atoms with Gasteiger partial charge in [0.1, 0.15) is 11.6 Å². The fraction of sp³-hybridized carbons (Fsp3) is 0.222. The van der Waals surface area contributed by atoms with Crippen molar-refractivity contribution in [3.8, 4) is 0 Å². The largest absolute Gasteiger partial charge is 0.352 e. The van der Waals surface area contributed by atoms with Gasteiger partial charge in [-0.2, -0.15) is 0 Å². The quantitative estimate of drug-likeness (QED) is 0.746. The monoisotopic (exact) mass is 185 g/mol. The van der Waals surface area contributed by atoms with Crippen LogP contribution in [0.2, 0.25) is 0 Å². The highest BCUT2D eigenvalue weighted by molar-refractivity contribution is 5.94. The molecule has 0 saturated heterocycles. The van der Waals surface area contributed by atoms with Crippen LogP contribution in [0.25, 0.3) is 0 Å². The third kappa shape index (κ3) is 2.24. The molecule has 70 valence electrons. The highest BCUT2D eigenvalue weighted by Gasteiger charge is 2.10. The SMILES string of the molecule is CCNC(=O)c1cc(F)ccc1F. The zero-order chi connectivity index (χ0) is 9.84. The van der Waals surface area contributed by atoms with E-state index in [2.05, 4.69) is 5.32 Å². The standard InChI is InChI=1S/C9H9F2NO/c1-2-12-9(13)7-5-6(10)3-4-8(7)11/h3-5H,2H2,1H3,(H,12,13). The van der Waals surface area contributed by atoms with Crippen molar-refractivity contribution in [3.63, 3.8) is 0 Å². The summed E-state index contributed by atoms with van der Waals surface area (Å²) in [5.74, 6) is -1.94. The number of nitrogens with one attached hydrogen (secondary N) is 1. The van der Waals surface area contributed by atoms with Crippen molar-refractivity contribution in [2.24, 2.45) is 0 Å². The van der Waals surface area contributed by atoms with E-state index in [9.17, 15) is 13.6 Å². The second kappa shape index (κ2) is 3.98. The van der Waals surface area contributed by atoms with Gasteiger partial charge in [-0.15, -0.1) is 0 Å². The van der Waals surface area contributed by atoms with Crippen molar-refractivity contribution in [2.75, 3.05) is 6.54 Å². The van der Waals surface area contributed by atoms with Gasteiger partial charge in [0, 0.05) is 6.54 Å². The Kier molecular flexibility index (Phi) is 2.95. The highest BCUT2D eigenvalue weighted by atomic mass is 19.1. The van der Waals surface area contributed by atoms with E-state index in [1.165, 1.54) is 0 Å². The summed E-state index contributed by atoms with van der Waals surface area (Å²) in [4.78, 5) is 11.1. The maximum Gasteiger partial charge on any atom is 0.254 e. The minimum absolute atomic E-state index is 0.262. The van der Waals surface area contributed by atoms with E-state index in [1.807, 2.05) is 0 Å². The fourth-order valence-electron chi connectivity index (χ4n) is 0.927. The molecule has 0 aromatic heterocycles. The van der Waals surface area contributed by atoms with Gasteiger partial charge in [-0.05, 0) is 25.1 Å². The van der Waals surface area contributed by atoms with Crippen molar-refractivity contribution in [1.82, 2.24) is 5.32 Å². The number of halogens is 2. The maximum atomic E-state index is 12.9. The lowest BCUT2D eigenvalue weighted by Gasteiger charge is -2.02. The lowest BCUT2D eigenvalue weighted by Crippen LogP contribution is -2.23. The molecule has 0 aliphatic heterocycles. The summed E-state index contributed by atoms with van der Waals surface area (Å²) in [6.45, 7) is 2.09. The normalized spacial score (nSPS) is 9.77. The van der Waals surface area contributed by atoms with Gasteiger partial charge in [-0.25, -0.2) is 8.78 Å². The van der Waals surface area contributed by atoms with Crippen LogP contribution in [0.5, 0.6) is 0 Å². The summed E-state index contributed by atoms with van der Waals surface area (Å²) in [5, 5.41) is 2.38. The predicted octanol–water partition coefficient (Wildman–Crippen LogP) is 1.71. The average Bonchev–Trinajstić information content (AvgIpc) is 2.09. The fourth-order valence-corrected chi connectivity index (χ4v) is 0.927. The Bertz CT molecular complexity index is 325. The van der Waals surface area contributed by atoms with Crippen molar-refractivity contribution >= 4 is 5.91 Å². The first-order valence-electron chi connectivity index (χ1n) is 3.88. The summed E-state index contributed by atoms with van der Waals surface area (Å²) < 4.78 is 25.5. The zero-order valence-electron chi connectivity index (χ0n) is 7.10. The number of hydrogen-bond acceptors (Lipinski definition) is 1. The molecule has 1 aromatic carbocycles. The first kappa shape index (κ1) is 9.64. The van der Waals surface area contributed by atoms with E-state index < -0.39 is 17.5 Å². The molecule has 1 aromatic rings. The highest BCUT2D eigenvalue weighted by Crippen LogP contribution is 2.08. The average molecular weight is 185 g/mol. The molecular weight excluding hydrogens is 176 g/mol. The lowest BCUT2D eigenvalue weighted by atomic mass is 10.2. The molecule has 0 bridgehead atoms. The second-order valence-electron chi connectivity index (χ2n) is 2.48. The molecule has 13 heavy (non-hydrogen) atoms. The van der Waals surface area contributed by atoms with Crippen LogP contribution < -0.4 is 5.32 Å². The van der Waals surface area contributed by atoms with Gasteiger partial charge in [0.15, 0.2) is 0 Å². The molecule has 0 radical (unpaired) electrons. The van der Waals surface area contributed by atoms with Gasteiger partial charge in [-0.3, -0.25) is 4.79 Å². The molecular formula is C9H9F2NO. The Hall–Kier alpha value is -1.45. The first-order chi connectivity index (χ1) is 6.15. The van der Waals surface area contributed by atoms with Gasteiger partial charge >= 0.3 is 0 Å². The molecule has 2 nitrogen and oxygen atoms in total. The van der Waals surface area contributed by atoms with Gasteiger partial charge in [0.25, 0.3) is 5.91 Å². The van der Waals surface area contributed by atoms with E-state index in [1.54, 1.807) is 6.92 Å². The number of hydrogen-bond donors (Lipinski definition) is 1. The van der Waals surface area contributed by atoms with Gasteiger partial charge in [-0.1, -0.05) is 0 Å². The Morgan fingerprint density at radius 1 is 1.46 bits per heavy atom. The van der Waals surface area contributed by atoms with Crippen LogP contribution in [0, 0.1) is 11.6 Å². The minimum atomic E-state index is -0.715. The molecule has 1 rings (SSSR count). The Morgan fingerprint density at radius 2 is 2.15 bits per heavy atom. The van der Waals surface area contributed by atoms with Crippen LogP contribution in [0.1, 0.15) is 17.3 Å². The summed E-state index contributed by atoms with van der Waals surface area (Å²) in [5.41, 5.74) is -0.262. The van der Waals surface area contributed by atoms with Gasteiger partial charge < -0.3 is 5.32 Å². The third-order valence-corrected chi connectivity index (χ3v) is 1.51. The van der Waals surface area contributed by atoms with Gasteiger partial charge in [0.2, 0.25) is 0 Å². The number of amides is 1. The molecule has 0 aliphatic rings. The molecule has 0 unspecified atom stereocenters. The Labute approximate surface area is 74.6 Å². The number of benzene rings is 1. The number of carbonyl (C=O) groups is 1. The molecule has 4 heteroatoms. The second-order valence-corrected chi connectivity index (χ2v) is 2.48. The van der Waals surface area contributed by atoms with Crippen LogP contribution in [0.4, 0.5) is 8.78 Å². The summed E-state index contributed by atoms with van der Waals surface area (Å²) in [7, 11) is 0. The molecule has 0 fully saturated rings. The van der Waals surface area contributed by atoms with Crippen LogP contribution in [0.15, 0.2) is 18.2 Å². The van der Waals surface area contributed by atoms with Crippen LogP contribution >= 0.6 is 0 Å². The topological polar surface area (TPSA) is 29.1 Å². The number of rotatable bonds is 2. The smallest absolute Gasteiger partial charge is 0.254 e. The molecule has 1 N–H and O–H groups in total. The summed E-state index contributed by atoms with van der Waals surface area (Å²) in [6.07, 6.45) is 0. The molecule has 1 amide bonds. The van der Waals surface area contributed by atoms with Crippen LogP contribution in [-0.2, 0) is 0 Å². The third-order valence-electron chi connectivity index (χ3n) is 1.51. The van der Waals surface area contributed by atoms with E-state index in [0.717, 1.165) is 18.2 Å². The van der Waals surface area contributed by atoms with E-state index in [0.29, 0.717) is 6.54 Å². The lowest BCUT2D eigenvalue weighted by molar-refractivity contribution is 0.0951. The zero-order valence-corrected chi connectivity index (χ0v) is 7.10. The maximum absolute atomic E-state index is 12.9. The van der Waals surface area contributed by atoms with E-state index in [-0.39, 0.29) is 5.56 Å². The Balaban J connectivity index is 2.99. The molecule has 0 spiro atoms. The van der Waals surface area contributed by atoms with Crippen molar-refractivity contribution < 1.29 is 13.6 Å². The first-order valence-corrected chi connectivity index (χ1v) is 3.88. The van der Waals surface area contributed by atoms with Crippen LogP contribution in [-0.4, -0.2) is 12.5 Å². The Morgan fingerprint density at radius 3 is 2.77 bits per heavy atom.